The molecule has 5 heteroatoms. The Kier molecular flexibility index (Phi) is 5.31. The van der Waals surface area contributed by atoms with Crippen molar-refractivity contribution in [2.24, 2.45) is 16.3 Å². The van der Waals surface area contributed by atoms with Gasteiger partial charge in [0.1, 0.15) is 11.7 Å². The van der Waals surface area contributed by atoms with E-state index in [-0.39, 0.29) is 17.8 Å². The second kappa shape index (κ2) is 7.37. The molecule has 4 nitrogen and oxygen atoms in total. The van der Waals surface area contributed by atoms with E-state index in [9.17, 15) is 14.0 Å². The number of nitrogens with zero attached hydrogens (tertiary/aromatic N) is 1. The summed E-state index contributed by atoms with van der Waals surface area (Å²) in [4.78, 5) is 30.6. The molecule has 3 rings (SSSR count). The Morgan fingerprint density at radius 3 is 2.59 bits per heavy atom. The Bertz CT molecular complexity index is 838. The Morgan fingerprint density at radius 1 is 1.26 bits per heavy atom. The van der Waals surface area contributed by atoms with E-state index >= 15 is 0 Å². The average Bonchev–Trinajstić information content (AvgIpc) is 2.59. The molecule has 1 aliphatic heterocycles. The number of aliphatic imine (C=N–C) groups is 1. The first-order chi connectivity index (χ1) is 12.8. The number of hydrogen-bond acceptors (Lipinski definition) is 4. The zero-order valence-electron chi connectivity index (χ0n) is 16.3. The number of esters is 1. The summed E-state index contributed by atoms with van der Waals surface area (Å²) < 4.78 is 20.0. The number of carbonyl (C=O) groups is 2. The van der Waals surface area contributed by atoms with Gasteiger partial charge in [-0.3, -0.25) is 14.6 Å². The van der Waals surface area contributed by atoms with Crippen molar-refractivity contribution in [3.63, 3.8) is 0 Å². The molecule has 0 spiro atoms. The van der Waals surface area contributed by atoms with Crippen molar-refractivity contribution in [1.82, 2.24) is 0 Å². The highest BCUT2D eigenvalue weighted by molar-refractivity contribution is 6.09. The third kappa shape index (κ3) is 3.60. The molecule has 27 heavy (non-hydrogen) atoms. The lowest BCUT2D eigenvalue weighted by atomic mass is 9.66. The molecule has 1 aliphatic carbocycles. The van der Waals surface area contributed by atoms with Crippen LogP contribution in [0.15, 0.2) is 40.5 Å². The summed E-state index contributed by atoms with van der Waals surface area (Å²) >= 11 is 0. The Labute approximate surface area is 159 Å². The van der Waals surface area contributed by atoms with Crippen molar-refractivity contribution in [2.75, 3.05) is 6.61 Å². The van der Waals surface area contributed by atoms with E-state index in [1.165, 1.54) is 6.07 Å². The molecule has 0 aromatic heterocycles. The van der Waals surface area contributed by atoms with Gasteiger partial charge in [-0.15, -0.1) is 0 Å². The fourth-order valence-electron chi connectivity index (χ4n) is 4.22. The van der Waals surface area contributed by atoms with Gasteiger partial charge in [0.25, 0.3) is 0 Å². The van der Waals surface area contributed by atoms with Crippen LogP contribution >= 0.6 is 0 Å². The third-order valence-electron chi connectivity index (χ3n) is 5.32. The fourth-order valence-corrected chi connectivity index (χ4v) is 4.22. The van der Waals surface area contributed by atoms with Crippen LogP contribution < -0.4 is 0 Å². The number of carbonyl (C=O) groups excluding carboxylic acids is 2. The highest BCUT2D eigenvalue weighted by Gasteiger charge is 2.47. The molecule has 2 atom stereocenters. The topological polar surface area (TPSA) is 55.7 Å². The number of ketones is 1. The van der Waals surface area contributed by atoms with Gasteiger partial charge in [-0.05, 0) is 36.8 Å². The molecule has 0 N–H and O–H groups in total. The van der Waals surface area contributed by atoms with Crippen molar-refractivity contribution in [2.45, 2.75) is 52.9 Å². The second-order valence-electron chi connectivity index (χ2n) is 7.99. The van der Waals surface area contributed by atoms with E-state index in [4.69, 9.17) is 9.73 Å². The lowest BCUT2D eigenvalue weighted by Crippen LogP contribution is -2.40. The summed E-state index contributed by atoms with van der Waals surface area (Å²) in [5.41, 5.74) is 1.99. The number of hydrogen-bond donors (Lipinski definition) is 0. The van der Waals surface area contributed by atoms with Gasteiger partial charge in [0.15, 0.2) is 5.78 Å². The van der Waals surface area contributed by atoms with Crippen molar-refractivity contribution in [1.29, 1.82) is 0 Å². The second-order valence-corrected chi connectivity index (χ2v) is 7.99. The first-order valence-corrected chi connectivity index (χ1v) is 9.53. The zero-order chi connectivity index (χ0) is 19.8. The third-order valence-corrected chi connectivity index (χ3v) is 5.32. The molecule has 0 radical (unpaired) electrons. The quantitative estimate of drug-likeness (QED) is 0.727. The number of rotatable bonds is 4. The van der Waals surface area contributed by atoms with E-state index < -0.39 is 23.6 Å². The van der Waals surface area contributed by atoms with Crippen LogP contribution in [0.4, 0.5) is 4.39 Å². The van der Waals surface area contributed by atoms with E-state index in [1.54, 1.807) is 25.1 Å². The first kappa shape index (κ1) is 19.5. The molecule has 0 saturated heterocycles. The molecule has 1 aromatic carbocycles. The van der Waals surface area contributed by atoms with Crippen LogP contribution in [0, 0.1) is 17.2 Å². The maximum absolute atomic E-state index is 14.7. The molecule has 1 aromatic rings. The van der Waals surface area contributed by atoms with Gasteiger partial charge in [0, 0.05) is 29.3 Å². The van der Waals surface area contributed by atoms with Crippen LogP contribution in [-0.2, 0) is 14.3 Å². The van der Waals surface area contributed by atoms with Crippen molar-refractivity contribution in [3.8, 4) is 0 Å². The average molecular weight is 371 g/mol. The van der Waals surface area contributed by atoms with Crippen LogP contribution in [0.2, 0.25) is 0 Å². The number of ether oxygens (including phenoxy) is 1. The highest BCUT2D eigenvalue weighted by atomic mass is 19.1. The monoisotopic (exact) mass is 371 g/mol. The van der Waals surface area contributed by atoms with Crippen molar-refractivity contribution >= 4 is 17.5 Å². The molecular weight excluding hydrogens is 345 g/mol. The predicted molar refractivity (Wildman–Crippen MR) is 102 cm³/mol. The summed E-state index contributed by atoms with van der Waals surface area (Å²) in [6.45, 7) is 7.95. The first-order valence-electron chi connectivity index (χ1n) is 9.53. The van der Waals surface area contributed by atoms with E-state index in [1.807, 2.05) is 20.8 Å². The lowest BCUT2D eigenvalue weighted by molar-refractivity contribution is -0.146. The molecular formula is C22H26FNO3. The Balaban J connectivity index is 2.23. The number of benzene rings is 1. The van der Waals surface area contributed by atoms with Gasteiger partial charge in [0.05, 0.1) is 6.61 Å². The summed E-state index contributed by atoms with van der Waals surface area (Å²) in [6.07, 6.45) is 1.54. The fraction of sp³-hybridized carbons (Fsp3) is 0.500. The number of allylic oxidation sites excluding steroid dienone is 2. The number of halogens is 1. The molecule has 144 valence electrons. The molecule has 0 bridgehead atoms. The zero-order valence-corrected chi connectivity index (χ0v) is 16.3. The smallest absolute Gasteiger partial charge is 0.315 e. The molecule has 0 fully saturated rings. The van der Waals surface area contributed by atoms with Gasteiger partial charge in [-0.1, -0.05) is 39.0 Å². The SMILES string of the molecule is CCOC(=O)C1C(CC)=NC2=C(C(=O)CC(C)(C)C2)[C@H]1c1ccccc1F. The number of Topliss-reactive ketones (excluding diaryl/α,β-unsaturated/α-hetero) is 1. The summed E-state index contributed by atoms with van der Waals surface area (Å²) in [5.74, 6) is -2.37. The minimum atomic E-state index is -0.768. The van der Waals surface area contributed by atoms with Gasteiger partial charge in [0.2, 0.25) is 0 Å². The maximum Gasteiger partial charge on any atom is 0.315 e. The van der Waals surface area contributed by atoms with E-state index in [0.29, 0.717) is 41.8 Å². The van der Waals surface area contributed by atoms with Crippen molar-refractivity contribution < 1.29 is 18.7 Å². The van der Waals surface area contributed by atoms with Crippen LogP contribution in [0.25, 0.3) is 0 Å². The summed E-state index contributed by atoms with van der Waals surface area (Å²) in [6, 6.07) is 6.36. The normalized spacial score (nSPS) is 24.3. The predicted octanol–water partition coefficient (Wildman–Crippen LogP) is 4.60. The molecule has 0 saturated carbocycles. The Hall–Kier alpha value is -2.30. The summed E-state index contributed by atoms with van der Waals surface area (Å²) in [5, 5.41) is 0. The minimum Gasteiger partial charge on any atom is -0.465 e. The molecule has 0 amide bonds. The Morgan fingerprint density at radius 2 is 1.96 bits per heavy atom. The molecule has 1 unspecified atom stereocenters. The minimum absolute atomic E-state index is 0.0531. The van der Waals surface area contributed by atoms with Crippen molar-refractivity contribution in [3.05, 3.63) is 46.9 Å². The highest BCUT2D eigenvalue weighted by Crippen LogP contribution is 2.48. The van der Waals surface area contributed by atoms with Gasteiger partial charge in [-0.2, -0.15) is 0 Å². The van der Waals surface area contributed by atoms with Crippen LogP contribution in [0.5, 0.6) is 0 Å². The van der Waals surface area contributed by atoms with E-state index in [2.05, 4.69) is 0 Å². The van der Waals surface area contributed by atoms with Crippen LogP contribution in [0.1, 0.15) is 58.4 Å². The van der Waals surface area contributed by atoms with Crippen LogP contribution in [-0.4, -0.2) is 24.1 Å². The largest absolute Gasteiger partial charge is 0.465 e. The van der Waals surface area contributed by atoms with Gasteiger partial charge in [-0.25, -0.2) is 4.39 Å². The maximum atomic E-state index is 14.7. The molecule has 2 aliphatic rings. The standard InChI is InChI=1S/C22H26FNO3/c1-5-15-20(21(26)27-6-2)18(13-9-7-8-10-14(13)23)19-16(24-15)11-22(3,4)12-17(19)25/h7-10,18,20H,5-6,11-12H2,1-4H3/t18-,20?/m1/s1. The van der Waals surface area contributed by atoms with Crippen LogP contribution in [0.3, 0.4) is 0 Å². The molecule has 1 heterocycles. The summed E-state index contributed by atoms with van der Waals surface area (Å²) in [7, 11) is 0. The van der Waals surface area contributed by atoms with Gasteiger partial charge >= 0.3 is 5.97 Å². The lowest BCUT2D eigenvalue weighted by Gasteiger charge is -2.39. The van der Waals surface area contributed by atoms with Gasteiger partial charge < -0.3 is 4.74 Å². The van der Waals surface area contributed by atoms with E-state index in [0.717, 1.165) is 0 Å².